The van der Waals surface area contributed by atoms with Gasteiger partial charge in [-0.1, -0.05) is 5.21 Å². The van der Waals surface area contributed by atoms with E-state index in [-0.39, 0.29) is 0 Å². The van der Waals surface area contributed by atoms with Crippen LogP contribution in [0.3, 0.4) is 0 Å². The highest BCUT2D eigenvalue weighted by atomic mass is 16.5. The third-order valence-electron chi connectivity index (χ3n) is 3.74. The molecule has 0 spiro atoms. The molecule has 1 fully saturated rings. The van der Waals surface area contributed by atoms with Gasteiger partial charge >= 0.3 is 0 Å². The van der Waals surface area contributed by atoms with Crippen LogP contribution in [0.1, 0.15) is 18.5 Å². The lowest BCUT2D eigenvalue weighted by Crippen LogP contribution is -2.35. The van der Waals surface area contributed by atoms with Crippen LogP contribution in [0.2, 0.25) is 0 Å². The smallest absolute Gasteiger partial charge is 0.191 e. The zero-order valence-electron chi connectivity index (χ0n) is 12.8. The second kappa shape index (κ2) is 6.05. The van der Waals surface area contributed by atoms with Crippen LogP contribution in [-0.2, 0) is 6.54 Å². The number of aliphatic imine (C=N–C) groups is 1. The van der Waals surface area contributed by atoms with Crippen LogP contribution in [-0.4, -0.2) is 46.1 Å². The number of ether oxygens (including phenoxy) is 1. The number of nitrogens with zero attached hydrogens (tertiary/aromatic N) is 5. The highest BCUT2D eigenvalue weighted by Crippen LogP contribution is 2.24. The van der Waals surface area contributed by atoms with Gasteiger partial charge in [0, 0.05) is 13.1 Å². The van der Waals surface area contributed by atoms with Crippen LogP contribution in [0.25, 0.3) is 5.69 Å². The number of nitrogens with two attached hydrogens (primary N) is 1. The Morgan fingerprint density at radius 2 is 2.14 bits per heavy atom. The van der Waals surface area contributed by atoms with E-state index in [0.29, 0.717) is 18.5 Å². The molecule has 0 unspecified atom stereocenters. The van der Waals surface area contributed by atoms with Crippen molar-refractivity contribution in [3.63, 3.8) is 0 Å². The van der Waals surface area contributed by atoms with Gasteiger partial charge < -0.3 is 15.4 Å². The second-order valence-corrected chi connectivity index (χ2v) is 5.37. The van der Waals surface area contributed by atoms with E-state index in [1.807, 2.05) is 42.4 Å². The molecule has 0 atom stereocenters. The summed E-state index contributed by atoms with van der Waals surface area (Å²) in [6.07, 6.45) is 4.25. The average molecular weight is 300 g/mol. The Bertz CT molecular complexity index is 659. The minimum atomic E-state index is 0.430. The summed E-state index contributed by atoms with van der Waals surface area (Å²) in [7, 11) is 3.62. The Morgan fingerprint density at radius 3 is 2.77 bits per heavy atom. The van der Waals surface area contributed by atoms with Crippen LogP contribution in [0.5, 0.6) is 5.75 Å². The maximum absolute atomic E-state index is 5.96. The molecule has 22 heavy (non-hydrogen) atoms. The molecule has 1 aromatic heterocycles. The zero-order valence-corrected chi connectivity index (χ0v) is 12.8. The van der Waals surface area contributed by atoms with Gasteiger partial charge in [-0.15, -0.1) is 5.10 Å². The largest absolute Gasteiger partial charge is 0.497 e. The Labute approximate surface area is 129 Å². The number of aromatic nitrogens is 3. The van der Waals surface area contributed by atoms with Crippen LogP contribution in [0.15, 0.2) is 35.5 Å². The fourth-order valence-electron chi connectivity index (χ4n) is 2.15. The third kappa shape index (κ3) is 3.19. The standard InChI is InChI=1S/C15H20N6O/c1-20(12-3-4-12)15(16)17-9-11-10-21(19-18-11)13-5-7-14(22-2)8-6-13/h5-8,10,12H,3-4,9H2,1-2H3,(H2,16,17). The molecule has 0 amide bonds. The van der Waals surface area contributed by atoms with Crippen molar-refractivity contribution in [2.45, 2.75) is 25.4 Å². The van der Waals surface area contributed by atoms with Gasteiger partial charge in [-0.3, -0.25) is 0 Å². The molecule has 0 radical (unpaired) electrons. The molecule has 1 aliphatic carbocycles. The summed E-state index contributed by atoms with van der Waals surface area (Å²) < 4.78 is 6.85. The van der Waals surface area contributed by atoms with Crippen molar-refractivity contribution < 1.29 is 4.74 Å². The summed E-state index contributed by atoms with van der Waals surface area (Å²) in [6.45, 7) is 0.430. The van der Waals surface area contributed by atoms with E-state index in [4.69, 9.17) is 10.5 Å². The van der Waals surface area contributed by atoms with E-state index in [1.54, 1.807) is 11.8 Å². The van der Waals surface area contributed by atoms with E-state index in [9.17, 15) is 0 Å². The first-order chi connectivity index (χ1) is 10.7. The van der Waals surface area contributed by atoms with Crippen molar-refractivity contribution in [3.05, 3.63) is 36.2 Å². The third-order valence-corrected chi connectivity index (χ3v) is 3.74. The number of hydrogen-bond donors (Lipinski definition) is 1. The number of rotatable bonds is 5. The van der Waals surface area contributed by atoms with E-state index in [2.05, 4.69) is 15.3 Å². The molecule has 1 aliphatic rings. The molecule has 0 bridgehead atoms. The molecule has 1 aromatic carbocycles. The Balaban J connectivity index is 1.66. The van der Waals surface area contributed by atoms with Gasteiger partial charge in [-0.05, 0) is 37.1 Å². The predicted molar refractivity (Wildman–Crippen MR) is 84.0 cm³/mol. The Kier molecular flexibility index (Phi) is 3.95. The summed E-state index contributed by atoms with van der Waals surface area (Å²) >= 11 is 0. The van der Waals surface area contributed by atoms with Gasteiger partial charge in [0.05, 0.1) is 25.5 Å². The molecule has 3 rings (SSSR count). The van der Waals surface area contributed by atoms with Crippen molar-refractivity contribution in [1.82, 2.24) is 19.9 Å². The molecule has 2 aromatic rings. The maximum Gasteiger partial charge on any atom is 0.191 e. The topological polar surface area (TPSA) is 81.6 Å². The monoisotopic (exact) mass is 300 g/mol. The van der Waals surface area contributed by atoms with Gasteiger partial charge in [0.25, 0.3) is 0 Å². The Morgan fingerprint density at radius 1 is 1.41 bits per heavy atom. The lowest BCUT2D eigenvalue weighted by molar-refractivity contribution is 0.414. The van der Waals surface area contributed by atoms with Crippen molar-refractivity contribution >= 4 is 5.96 Å². The second-order valence-electron chi connectivity index (χ2n) is 5.37. The molecule has 116 valence electrons. The fraction of sp³-hybridized carbons (Fsp3) is 0.400. The van der Waals surface area contributed by atoms with E-state index >= 15 is 0 Å². The summed E-state index contributed by atoms with van der Waals surface area (Å²) in [5, 5.41) is 8.24. The van der Waals surface area contributed by atoms with Crippen LogP contribution >= 0.6 is 0 Å². The minimum absolute atomic E-state index is 0.430. The maximum atomic E-state index is 5.96. The van der Waals surface area contributed by atoms with Crippen LogP contribution < -0.4 is 10.5 Å². The molecule has 1 heterocycles. The van der Waals surface area contributed by atoms with Crippen LogP contribution in [0.4, 0.5) is 0 Å². The quantitative estimate of drug-likeness (QED) is 0.662. The first-order valence-corrected chi connectivity index (χ1v) is 7.26. The van der Waals surface area contributed by atoms with Gasteiger partial charge in [-0.2, -0.15) is 0 Å². The fourth-order valence-corrected chi connectivity index (χ4v) is 2.15. The van der Waals surface area contributed by atoms with Gasteiger partial charge in [0.1, 0.15) is 11.4 Å². The molecular weight excluding hydrogens is 280 g/mol. The lowest BCUT2D eigenvalue weighted by Gasteiger charge is -2.16. The number of benzene rings is 1. The predicted octanol–water partition coefficient (Wildman–Crippen LogP) is 1.18. The number of methoxy groups -OCH3 is 1. The highest BCUT2D eigenvalue weighted by molar-refractivity contribution is 5.78. The van der Waals surface area contributed by atoms with E-state index in [0.717, 1.165) is 17.1 Å². The average Bonchev–Trinajstić information content (AvgIpc) is 3.30. The SMILES string of the molecule is COc1ccc(-n2cc(CN=C(N)N(C)C3CC3)nn2)cc1. The summed E-state index contributed by atoms with van der Waals surface area (Å²) in [4.78, 5) is 6.40. The summed E-state index contributed by atoms with van der Waals surface area (Å²) in [5.74, 6) is 1.37. The number of hydrogen-bond acceptors (Lipinski definition) is 4. The van der Waals surface area contributed by atoms with Crippen molar-refractivity contribution in [2.24, 2.45) is 10.7 Å². The van der Waals surface area contributed by atoms with Gasteiger partial charge in [0.2, 0.25) is 0 Å². The molecule has 0 saturated heterocycles. The van der Waals surface area contributed by atoms with E-state index in [1.165, 1.54) is 12.8 Å². The molecule has 7 nitrogen and oxygen atoms in total. The van der Waals surface area contributed by atoms with Crippen molar-refractivity contribution in [1.29, 1.82) is 0 Å². The highest BCUT2D eigenvalue weighted by Gasteiger charge is 2.27. The van der Waals surface area contributed by atoms with Crippen LogP contribution in [0, 0.1) is 0 Å². The zero-order chi connectivity index (χ0) is 15.5. The lowest BCUT2D eigenvalue weighted by atomic mass is 10.3. The molecule has 7 heteroatoms. The summed E-state index contributed by atoms with van der Waals surface area (Å²) in [6, 6.07) is 8.18. The van der Waals surface area contributed by atoms with Gasteiger partial charge in [0.15, 0.2) is 5.96 Å². The molecular formula is C15H20N6O. The summed E-state index contributed by atoms with van der Waals surface area (Å²) in [5.41, 5.74) is 7.67. The molecule has 1 saturated carbocycles. The molecule has 0 aliphatic heterocycles. The van der Waals surface area contributed by atoms with E-state index < -0.39 is 0 Å². The van der Waals surface area contributed by atoms with Crippen molar-refractivity contribution in [2.75, 3.05) is 14.2 Å². The molecule has 2 N–H and O–H groups in total. The van der Waals surface area contributed by atoms with Gasteiger partial charge in [-0.25, -0.2) is 9.67 Å². The first-order valence-electron chi connectivity index (χ1n) is 7.26. The Hall–Kier alpha value is -2.57. The minimum Gasteiger partial charge on any atom is -0.497 e. The van der Waals surface area contributed by atoms with Crippen molar-refractivity contribution in [3.8, 4) is 11.4 Å². The normalized spacial score (nSPS) is 14.9. The first kappa shape index (κ1) is 14.4. The number of guanidine groups is 1.